The third-order valence-electron chi connectivity index (χ3n) is 2.31. The summed E-state index contributed by atoms with van der Waals surface area (Å²) in [7, 11) is 0. The molecule has 0 bridgehead atoms. The first-order chi connectivity index (χ1) is 7.33. The fourth-order valence-electron chi connectivity index (χ4n) is 1.44. The highest BCUT2D eigenvalue weighted by molar-refractivity contribution is 5.78. The molecule has 1 aromatic rings. The monoisotopic (exact) mass is 204 g/mol. The van der Waals surface area contributed by atoms with Gasteiger partial charge in [0.05, 0.1) is 0 Å². The van der Waals surface area contributed by atoms with E-state index in [9.17, 15) is 9.59 Å². The molecule has 0 amide bonds. The Balaban J connectivity index is 2.20. The zero-order chi connectivity index (χ0) is 10.9. The number of Topliss-reactive ketones (excluding diaryl/α,β-unsaturated/α-hetero) is 1. The van der Waals surface area contributed by atoms with E-state index < -0.39 is 0 Å². The van der Waals surface area contributed by atoms with Gasteiger partial charge < -0.3 is 4.79 Å². The number of carbonyl (C=O) groups excluding carboxylic acids is 2. The SMILES string of the molecule is O=CCCCC(=O)CCc1ccccc1. The summed E-state index contributed by atoms with van der Waals surface area (Å²) in [4.78, 5) is 21.4. The van der Waals surface area contributed by atoms with Crippen molar-refractivity contribution in [2.75, 3.05) is 0 Å². The first kappa shape index (κ1) is 11.6. The minimum absolute atomic E-state index is 0.251. The molecule has 1 rings (SSSR count). The zero-order valence-corrected chi connectivity index (χ0v) is 8.82. The summed E-state index contributed by atoms with van der Waals surface area (Å²) in [6.07, 6.45) is 3.98. The highest BCUT2D eigenvalue weighted by atomic mass is 16.1. The van der Waals surface area contributed by atoms with E-state index in [0.717, 1.165) is 12.7 Å². The fourth-order valence-corrected chi connectivity index (χ4v) is 1.44. The number of rotatable bonds is 7. The summed E-state index contributed by atoms with van der Waals surface area (Å²) in [6.45, 7) is 0. The van der Waals surface area contributed by atoms with E-state index in [1.54, 1.807) is 0 Å². The largest absolute Gasteiger partial charge is 0.303 e. The molecular formula is C13H16O2. The van der Waals surface area contributed by atoms with Gasteiger partial charge in [-0.3, -0.25) is 4.79 Å². The predicted molar refractivity (Wildman–Crippen MR) is 59.7 cm³/mol. The van der Waals surface area contributed by atoms with Crippen LogP contribution in [0.3, 0.4) is 0 Å². The molecule has 0 radical (unpaired) electrons. The number of unbranched alkanes of at least 4 members (excludes halogenated alkanes) is 1. The molecule has 0 fully saturated rings. The van der Waals surface area contributed by atoms with Crippen molar-refractivity contribution in [2.24, 2.45) is 0 Å². The van der Waals surface area contributed by atoms with Crippen LogP contribution in [0.4, 0.5) is 0 Å². The van der Waals surface area contributed by atoms with Crippen LogP contribution in [-0.2, 0) is 16.0 Å². The molecule has 0 N–H and O–H groups in total. The van der Waals surface area contributed by atoms with Gasteiger partial charge in [0.1, 0.15) is 12.1 Å². The summed E-state index contributed by atoms with van der Waals surface area (Å²) >= 11 is 0. The number of aryl methyl sites for hydroxylation is 1. The average Bonchev–Trinajstić information content (AvgIpc) is 2.28. The second kappa shape index (κ2) is 6.93. The first-order valence-corrected chi connectivity index (χ1v) is 5.32. The highest BCUT2D eigenvalue weighted by Gasteiger charge is 2.01. The topological polar surface area (TPSA) is 34.1 Å². The minimum Gasteiger partial charge on any atom is -0.303 e. The van der Waals surface area contributed by atoms with Crippen LogP contribution in [0.15, 0.2) is 30.3 Å². The Labute approximate surface area is 90.3 Å². The molecule has 0 saturated carbocycles. The molecule has 15 heavy (non-hydrogen) atoms. The molecule has 2 nitrogen and oxygen atoms in total. The van der Waals surface area contributed by atoms with Gasteiger partial charge in [0, 0.05) is 19.3 Å². The number of hydrogen-bond acceptors (Lipinski definition) is 2. The molecule has 0 aliphatic heterocycles. The van der Waals surface area contributed by atoms with E-state index in [2.05, 4.69) is 0 Å². The lowest BCUT2D eigenvalue weighted by Gasteiger charge is -2.00. The van der Waals surface area contributed by atoms with Crippen LogP contribution in [0.5, 0.6) is 0 Å². The van der Waals surface area contributed by atoms with Crippen molar-refractivity contribution in [3.63, 3.8) is 0 Å². The van der Waals surface area contributed by atoms with Crippen LogP contribution in [-0.4, -0.2) is 12.1 Å². The first-order valence-electron chi connectivity index (χ1n) is 5.32. The van der Waals surface area contributed by atoms with E-state index in [-0.39, 0.29) is 5.78 Å². The van der Waals surface area contributed by atoms with Gasteiger partial charge in [-0.2, -0.15) is 0 Å². The van der Waals surface area contributed by atoms with Gasteiger partial charge in [-0.25, -0.2) is 0 Å². The van der Waals surface area contributed by atoms with Crippen LogP contribution in [0.25, 0.3) is 0 Å². The maximum Gasteiger partial charge on any atom is 0.133 e. The van der Waals surface area contributed by atoms with Crippen LogP contribution in [0.1, 0.15) is 31.2 Å². The Kier molecular flexibility index (Phi) is 5.38. The molecule has 80 valence electrons. The molecule has 2 heteroatoms. The molecule has 1 aromatic carbocycles. The van der Waals surface area contributed by atoms with Crippen molar-refractivity contribution >= 4 is 12.1 Å². The maximum atomic E-state index is 11.4. The zero-order valence-electron chi connectivity index (χ0n) is 8.82. The minimum atomic E-state index is 0.251. The lowest BCUT2D eigenvalue weighted by Crippen LogP contribution is -2.00. The third kappa shape index (κ3) is 5.11. The number of carbonyl (C=O) groups is 2. The lowest BCUT2D eigenvalue weighted by molar-refractivity contribution is -0.119. The van der Waals surface area contributed by atoms with E-state index in [1.807, 2.05) is 30.3 Å². The van der Waals surface area contributed by atoms with Crippen molar-refractivity contribution in [3.8, 4) is 0 Å². The van der Waals surface area contributed by atoms with Crippen LogP contribution >= 0.6 is 0 Å². The Bertz CT molecular complexity index is 304. The van der Waals surface area contributed by atoms with Gasteiger partial charge >= 0.3 is 0 Å². The van der Waals surface area contributed by atoms with Crippen LogP contribution in [0, 0.1) is 0 Å². The quantitative estimate of drug-likeness (QED) is 0.505. The lowest BCUT2D eigenvalue weighted by atomic mass is 10.0. The summed E-state index contributed by atoms with van der Waals surface area (Å²) in [6, 6.07) is 9.98. The summed E-state index contributed by atoms with van der Waals surface area (Å²) in [5.74, 6) is 0.251. The fraction of sp³-hybridized carbons (Fsp3) is 0.385. The average molecular weight is 204 g/mol. The Morgan fingerprint density at radius 1 is 1.13 bits per heavy atom. The smallest absolute Gasteiger partial charge is 0.133 e. The van der Waals surface area contributed by atoms with Gasteiger partial charge in [0.2, 0.25) is 0 Å². The third-order valence-corrected chi connectivity index (χ3v) is 2.31. The van der Waals surface area contributed by atoms with E-state index in [4.69, 9.17) is 0 Å². The predicted octanol–water partition coefficient (Wildman–Crippen LogP) is 2.56. The van der Waals surface area contributed by atoms with Crippen molar-refractivity contribution in [2.45, 2.75) is 32.1 Å². The highest BCUT2D eigenvalue weighted by Crippen LogP contribution is 2.05. The number of ketones is 1. The van der Waals surface area contributed by atoms with Gasteiger partial charge in [-0.1, -0.05) is 30.3 Å². The Morgan fingerprint density at radius 2 is 1.87 bits per heavy atom. The standard InChI is InChI=1S/C13H16O2/c14-11-5-4-8-13(15)10-9-12-6-2-1-3-7-12/h1-3,6-7,11H,4-5,8-10H2. The summed E-state index contributed by atoms with van der Waals surface area (Å²) in [5, 5.41) is 0. The van der Waals surface area contributed by atoms with Crippen molar-refractivity contribution in [1.82, 2.24) is 0 Å². The van der Waals surface area contributed by atoms with Gasteiger partial charge in [-0.05, 0) is 18.4 Å². The molecule has 0 aliphatic carbocycles. The van der Waals surface area contributed by atoms with Crippen LogP contribution < -0.4 is 0 Å². The Morgan fingerprint density at radius 3 is 2.53 bits per heavy atom. The molecule has 0 heterocycles. The van der Waals surface area contributed by atoms with E-state index >= 15 is 0 Å². The number of hydrogen-bond donors (Lipinski definition) is 0. The molecule has 0 spiro atoms. The van der Waals surface area contributed by atoms with Crippen molar-refractivity contribution in [3.05, 3.63) is 35.9 Å². The molecule has 0 saturated heterocycles. The summed E-state index contributed by atoms with van der Waals surface area (Å²) < 4.78 is 0. The molecule has 0 aromatic heterocycles. The molecular weight excluding hydrogens is 188 g/mol. The van der Waals surface area contributed by atoms with E-state index in [0.29, 0.717) is 25.7 Å². The second-order valence-corrected chi connectivity index (χ2v) is 3.58. The maximum absolute atomic E-state index is 11.4. The molecule has 0 unspecified atom stereocenters. The van der Waals surface area contributed by atoms with Gasteiger partial charge in [0.15, 0.2) is 0 Å². The second-order valence-electron chi connectivity index (χ2n) is 3.58. The van der Waals surface area contributed by atoms with Gasteiger partial charge in [-0.15, -0.1) is 0 Å². The van der Waals surface area contributed by atoms with Crippen molar-refractivity contribution < 1.29 is 9.59 Å². The van der Waals surface area contributed by atoms with Gasteiger partial charge in [0.25, 0.3) is 0 Å². The molecule has 0 atom stereocenters. The van der Waals surface area contributed by atoms with Crippen LogP contribution in [0.2, 0.25) is 0 Å². The Hall–Kier alpha value is -1.44. The molecule has 0 aliphatic rings. The number of aldehydes is 1. The van der Waals surface area contributed by atoms with E-state index in [1.165, 1.54) is 5.56 Å². The number of benzene rings is 1. The normalized spacial score (nSPS) is 9.87. The van der Waals surface area contributed by atoms with Crippen molar-refractivity contribution in [1.29, 1.82) is 0 Å². The summed E-state index contributed by atoms with van der Waals surface area (Å²) in [5.41, 5.74) is 1.20.